The van der Waals surface area contributed by atoms with Crippen LogP contribution in [0.1, 0.15) is 24.0 Å². The number of aromatic hydroxyl groups is 2. The Morgan fingerprint density at radius 1 is 1.04 bits per heavy atom. The van der Waals surface area contributed by atoms with Gasteiger partial charge < -0.3 is 20.3 Å². The van der Waals surface area contributed by atoms with Gasteiger partial charge in [-0.1, -0.05) is 30.3 Å². The summed E-state index contributed by atoms with van der Waals surface area (Å²) in [4.78, 5) is 16.9. The van der Waals surface area contributed by atoms with Gasteiger partial charge in [-0.3, -0.25) is 4.84 Å². The van der Waals surface area contributed by atoms with Crippen molar-refractivity contribution in [3.63, 3.8) is 0 Å². The summed E-state index contributed by atoms with van der Waals surface area (Å²) in [6, 6.07) is 16.6. The first kappa shape index (κ1) is 17.8. The van der Waals surface area contributed by atoms with Gasteiger partial charge in [-0.25, -0.2) is 4.79 Å². The number of hydrogen-bond acceptors (Lipinski definition) is 6. The van der Waals surface area contributed by atoms with Crippen LogP contribution in [0, 0.1) is 0 Å². The Bertz CT molecular complexity index is 1010. The van der Waals surface area contributed by atoms with Crippen LogP contribution in [0.15, 0.2) is 54.6 Å². The quantitative estimate of drug-likeness (QED) is 0.585. The Morgan fingerprint density at radius 2 is 1.75 bits per heavy atom. The molecule has 4 rings (SSSR count). The number of rotatable bonds is 5. The van der Waals surface area contributed by atoms with E-state index in [4.69, 9.17) is 9.57 Å². The Morgan fingerprint density at radius 3 is 2.50 bits per heavy atom. The normalized spacial score (nSPS) is 14.2. The lowest BCUT2D eigenvalue weighted by molar-refractivity contribution is 0.0341. The molecule has 0 spiro atoms. The molecular weight excluding hydrogens is 360 g/mol. The van der Waals surface area contributed by atoms with Gasteiger partial charge >= 0.3 is 6.16 Å². The Balaban J connectivity index is 1.56. The molecule has 1 aliphatic rings. The van der Waals surface area contributed by atoms with Crippen LogP contribution in [-0.2, 0) is 4.74 Å². The van der Waals surface area contributed by atoms with Gasteiger partial charge in [0.2, 0.25) is 11.8 Å². The fraction of sp³-hybridized carbons (Fsp3) is 0.190. The summed E-state index contributed by atoms with van der Waals surface area (Å²) in [6.07, 6.45) is -1.02. The van der Waals surface area contributed by atoms with Crippen molar-refractivity contribution >= 4 is 11.8 Å². The van der Waals surface area contributed by atoms with Crippen molar-refractivity contribution in [2.45, 2.75) is 12.8 Å². The van der Waals surface area contributed by atoms with E-state index in [1.54, 1.807) is 0 Å². The number of aromatic nitrogens is 1. The monoisotopic (exact) mass is 380 g/mol. The number of carbonyl (C=O) groups is 1. The molecule has 2 aromatic carbocycles. The van der Waals surface area contributed by atoms with E-state index >= 15 is 0 Å². The predicted octanol–water partition coefficient (Wildman–Crippen LogP) is 3.71. The number of fused-ring (bicyclic) bond motifs is 3. The first-order chi connectivity index (χ1) is 13.6. The minimum Gasteiger partial charge on any atom is -0.492 e. The highest BCUT2D eigenvalue weighted by atomic mass is 16.8. The van der Waals surface area contributed by atoms with E-state index in [0.717, 1.165) is 34.5 Å². The molecule has 0 saturated carbocycles. The Kier molecular flexibility index (Phi) is 4.57. The first-order valence-corrected chi connectivity index (χ1v) is 9.00. The van der Waals surface area contributed by atoms with E-state index in [-0.39, 0.29) is 12.5 Å². The van der Waals surface area contributed by atoms with E-state index in [2.05, 4.69) is 23.5 Å². The standard InChI is InChI=1S/C21H20N2O5/c1-2-22-13-7-8-16-14-5-3-4-6-15(14)18(17(16)11-13)12-27-21(26)28-23-19(24)9-10-20(23)25/h3-11,18,22,24-25H,2,12H2,1H3. The molecule has 0 saturated heterocycles. The summed E-state index contributed by atoms with van der Waals surface area (Å²) < 4.78 is 5.90. The van der Waals surface area contributed by atoms with E-state index in [1.807, 2.05) is 31.2 Å². The van der Waals surface area contributed by atoms with Gasteiger partial charge in [0.1, 0.15) is 6.61 Å². The number of ether oxygens (including phenoxy) is 1. The van der Waals surface area contributed by atoms with Crippen molar-refractivity contribution in [3.05, 3.63) is 65.7 Å². The van der Waals surface area contributed by atoms with Crippen molar-refractivity contribution < 1.29 is 24.6 Å². The zero-order chi connectivity index (χ0) is 19.7. The molecule has 0 amide bonds. The molecule has 1 atom stereocenters. The van der Waals surface area contributed by atoms with Gasteiger partial charge in [0.05, 0.1) is 0 Å². The number of carbonyl (C=O) groups excluding carboxylic acids is 1. The highest BCUT2D eigenvalue weighted by Gasteiger charge is 2.30. The molecule has 1 aliphatic carbocycles. The SMILES string of the molecule is CCNc1ccc2c(c1)C(COC(=O)On1c(O)ccc1O)c1ccccc1-2. The van der Waals surface area contributed by atoms with E-state index in [0.29, 0.717) is 4.73 Å². The van der Waals surface area contributed by atoms with Gasteiger partial charge in [0.25, 0.3) is 0 Å². The van der Waals surface area contributed by atoms with Crippen molar-refractivity contribution in [1.82, 2.24) is 4.73 Å². The zero-order valence-corrected chi connectivity index (χ0v) is 15.3. The first-order valence-electron chi connectivity index (χ1n) is 9.00. The number of benzene rings is 2. The van der Waals surface area contributed by atoms with E-state index in [1.165, 1.54) is 12.1 Å². The summed E-state index contributed by atoms with van der Waals surface area (Å²) in [5.41, 5.74) is 5.37. The van der Waals surface area contributed by atoms with Gasteiger partial charge in [0.15, 0.2) is 0 Å². The smallest absolute Gasteiger partial charge is 0.492 e. The van der Waals surface area contributed by atoms with Crippen LogP contribution < -0.4 is 10.2 Å². The average Bonchev–Trinajstić information content (AvgIpc) is 3.18. The topological polar surface area (TPSA) is 93.0 Å². The second-order valence-electron chi connectivity index (χ2n) is 6.47. The maximum absolute atomic E-state index is 12.1. The van der Waals surface area contributed by atoms with Crippen LogP contribution in [0.2, 0.25) is 0 Å². The molecule has 3 aromatic rings. The second-order valence-corrected chi connectivity index (χ2v) is 6.47. The molecule has 28 heavy (non-hydrogen) atoms. The number of nitrogens with zero attached hydrogens (tertiary/aromatic N) is 1. The maximum atomic E-state index is 12.1. The largest absolute Gasteiger partial charge is 0.534 e. The lowest BCUT2D eigenvalue weighted by atomic mass is 9.97. The summed E-state index contributed by atoms with van der Waals surface area (Å²) in [6.45, 7) is 2.91. The van der Waals surface area contributed by atoms with Crippen molar-refractivity contribution in [2.75, 3.05) is 18.5 Å². The Hall–Kier alpha value is -3.61. The summed E-state index contributed by atoms with van der Waals surface area (Å²) in [5, 5.41) is 22.4. The van der Waals surface area contributed by atoms with Crippen LogP contribution in [-0.4, -0.2) is 34.3 Å². The average molecular weight is 380 g/mol. The molecule has 144 valence electrons. The molecule has 1 unspecified atom stereocenters. The van der Waals surface area contributed by atoms with Gasteiger partial charge in [-0.15, -0.1) is 4.73 Å². The fourth-order valence-electron chi connectivity index (χ4n) is 3.55. The van der Waals surface area contributed by atoms with Crippen molar-refractivity contribution in [3.8, 4) is 22.9 Å². The third-order valence-corrected chi connectivity index (χ3v) is 4.77. The predicted molar refractivity (Wildman–Crippen MR) is 104 cm³/mol. The summed E-state index contributed by atoms with van der Waals surface area (Å²) >= 11 is 0. The third kappa shape index (κ3) is 3.11. The minimum atomic E-state index is -1.02. The number of nitrogens with one attached hydrogen (secondary N) is 1. The van der Waals surface area contributed by atoms with Gasteiger partial charge in [-0.2, -0.15) is 0 Å². The molecule has 3 N–H and O–H groups in total. The van der Waals surface area contributed by atoms with Crippen molar-refractivity contribution in [1.29, 1.82) is 0 Å². The molecule has 0 radical (unpaired) electrons. The third-order valence-electron chi connectivity index (χ3n) is 4.77. The minimum absolute atomic E-state index is 0.0707. The summed E-state index contributed by atoms with van der Waals surface area (Å²) in [5.74, 6) is -0.938. The number of hydrogen-bond donors (Lipinski definition) is 3. The van der Waals surface area contributed by atoms with Crippen molar-refractivity contribution in [2.24, 2.45) is 0 Å². The number of anilines is 1. The van der Waals surface area contributed by atoms with Crippen LogP contribution in [0.25, 0.3) is 11.1 Å². The highest BCUT2D eigenvalue weighted by molar-refractivity contribution is 5.80. The molecule has 7 nitrogen and oxygen atoms in total. The Labute approximate surface area is 161 Å². The zero-order valence-electron chi connectivity index (χ0n) is 15.3. The van der Waals surface area contributed by atoms with Crippen LogP contribution in [0.5, 0.6) is 11.8 Å². The molecule has 1 aromatic heterocycles. The maximum Gasteiger partial charge on any atom is 0.534 e. The lowest BCUT2D eigenvalue weighted by Crippen LogP contribution is -2.22. The van der Waals surface area contributed by atoms with Crippen LogP contribution in [0.3, 0.4) is 0 Å². The lowest BCUT2D eigenvalue weighted by Gasteiger charge is -2.15. The molecule has 7 heteroatoms. The van der Waals surface area contributed by atoms with E-state index in [9.17, 15) is 15.0 Å². The molecule has 1 heterocycles. The second kappa shape index (κ2) is 7.19. The van der Waals surface area contributed by atoms with Crippen LogP contribution >= 0.6 is 0 Å². The molecular formula is C21H20N2O5. The van der Waals surface area contributed by atoms with Crippen LogP contribution in [0.4, 0.5) is 10.5 Å². The van der Waals surface area contributed by atoms with Gasteiger partial charge in [-0.05, 0) is 41.3 Å². The highest BCUT2D eigenvalue weighted by Crippen LogP contribution is 2.45. The molecule has 0 aliphatic heterocycles. The van der Waals surface area contributed by atoms with Gasteiger partial charge in [0, 0.05) is 30.3 Å². The van der Waals surface area contributed by atoms with E-state index < -0.39 is 17.9 Å². The molecule has 0 fully saturated rings. The fourth-order valence-corrected chi connectivity index (χ4v) is 3.55. The summed E-state index contributed by atoms with van der Waals surface area (Å²) in [7, 11) is 0. The molecule has 0 bridgehead atoms.